The molecule has 7 nitrogen and oxygen atoms in total. The Morgan fingerprint density at radius 3 is 2.72 bits per heavy atom. The summed E-state index contributed by atoms with van der Waals surface area (Å²) in [5.41, 5.74) is 1.15. The van der Waals surface area contributed by atoms with Crippen molar-refractivity contribution in [1.29, 1.82) is 0 Å². The summed E-state index contributed by atoms with van der Waals surface area (Å²) in [4.78, 5) is 7.01. The number of nitrogens with one attached hydrogen (secondary N) is 1. The fourth-order valence-electron chi connectivity index (χ4n) is 4.20. The largest absolute Gasteiger partial charge is 0.496 e. The molecule has 9 heteroatoms. The maximum atomic E-state index is 5.49. The van der Waals surface area contributed by atoms with Crippen molar-refractivity contribution in [3.63, 3.8) is 0 Å². The molecule has 0 amide bonds. The number of aliphatic imine (C=N–C) groups is 1. The van der Waals surface area contributed by atoms with Crippen LogP contribution in [0.1, 0.15) is 56.5 Å². The molecule has 1 aliphatic carbocycles. The number of hydrogen-bond acceptors (Lipinski definition) is 5. The zero-order valence-electron chi connectivity index (χ0n) is 19.7. The molecule has 0 atom stereocenters. The second-order valence-corrected chi connectivity index (χ2v) is 8.69. The Bertz CT molecular complexity index is 853. The summed E-state index contributed by atoms with van der Waals surface area (Å²) < 4.78 is 7.88. The monoisotopic (exact) mass is 572 g/mol. The molecule has 0 spiro atoms. The van der Waals surface area contributed by atoms with E-state index in [9.17, 15) is 0 Å². The van der Waals surface area contributed by atoms with E-state index in [4.69, 9.17) is 9.73 Å². The second kappa shape index (κ2) is 13.9. The fourth-order valence-corrected chi connectivity index (χ4v) is 4.78. The van der Waals surface area contributed by atoms with Crippen molar-refractivity contribution in [3.8, 4) is 5.75 Å². The van der Waals surface area contributed by atoms with E-state index in [-0.39, 0.29) is 24.0 Å². The smallest absolute Gasteiger partial charge is 0.193 e. The number of ether oxygens (including phenoxy) is 1. The third-order valence-corrected chi connectivity index (χ3v) is 6.37. The Morgan fingerprint density at radius 1 is 1.28 bits per heavy atom. The van der Waals surface area contributed by atoms with Crippen LogP contribution in [0, 0.1) is 0 Å². The van der Waals surface area contributed by atoms with Crippen molar-refractivity contribution in [3.05, 3.63) is 35.7 Å². The van der Waals surface area contributed by atoms with Crippen LogP contribution < -0.4 is 10.1 Å². The lowest BCUT2D eigenvalue weighted by molar-refractivity contribution is 0.396. The SMILES string of the molecule is CCNC(=NCCCc1nnc(SC)n1C1CCCC1)N(C)Cc1ccccc1OC.I. The molecule has 1 aliphatic rings. The third kappa shape index (κ3) is 7.00. The number of halogens is 1. The molecular formula is C23H37IN6OS. The summed E-state index contributed by atoms with van der Waals surface area (Å²) in [5, 5.41) is 13.4. The van der Waals surface area contributed by atoms with Gasteiger partial charge in [-0.25, -0.2) is 0 Å². The number of thioether (sulfide) groups is 1. The van der Waals surface area contributed by atoms with E-state index < -0.39 is 0 Å². The standard InChI is InChI=1S/C23H36N6OS.HI/c1-5-24-22(28(2)17-18-11-6-9-14-20(18)30-3)25-16-10-15-21-26-27-23(31-4)29(21)19-12-7-8-13-19;/h6,9,11,14,19H,5,7-8,10,12-13,15-17H2,1-4H3,(H,24,25);1H. The molecule has 1 heterocycles. The zero-order valence-corrected chi connectivity index (χ0v) is 22.9. The molecule has 0 saturated heterocycles. The average Bonchev–Trinajstić information content (AvgIpc) is 3.45. The molecule has 1 saturated carbocycles. The first-order valence-corrected chi connectivity index (χ1v) is 12.5. The molecule has 3 rings (SSSR count). The lowest BCUT2D eigenvalue weighted by Crippen LogP contribution is -2.38. The highest BCUT2D eigenvalue weighted by molar-refractivity contribution is 14.0. The predicted molar refractivity (Wildman–Crippen MR) is 143 cm³/mol. The van der Waals surface area contributed by atoms with Crippen LogP contribution in [0.4, 0.5) is 0 Å². The van der Waals surface area contributed by atoms with Crippen LogP contribution in [0.25, 0.3) is 0 Å². The van der Waals surface area contributed by atoms with Crippen molar-refractivity contribution in [2.24, 2.45) is 4.99 Å². The summed E-state index contributed by atoms with van der Waals surface area (Å²) in [7, 11) is 3.78. The molecule has 1 N–H and O–H groups in total. The quantitative estimate of drug-likeness (QED) is 0.146. The van der Waals surface area contributed by atoms with E-state index in [1.807, 2.05) is 18.2 Å². The minimum atomic E-state index is 0. The van der Waals surface area contributed by atoms with E-state index in [0.717, 1.165) is 60.7 Å². The van der Waals surface area contributed by atoms with Crippen LogP contribution in [0.2, 0.25) is 0 Å². The van der Waals surface area contributed by atoms with Gasteiger partial charge in [-0.1, -0.05) is 42.8 Å². The fraction of sp³-hybridized carbons (Fsp3) is 0.609. The van der Waals surface area contributed by atoms with Gasteiger partial charge < -0.3 is 19.5 Å². The lowest BCUT2D eigenvalue weighted by atomic mass is 10.2. The average molecular weight is 573 g/mol. The number of methoxy groups -OCH3 is 1. The number of hydrogen-bond donors (Lipinski definition) is 1. The number of aromatic nitrogens is 3. The summed E-state index contributed by atoms with van der Waals surface area (Å²) in [5.74, 6) is 2.93. The number of para-hydroxylation sites is 1. The highest BCUT2D eigenvalue weighted by Crippen LogP contribution is 2.33. The minimum absolute atomic E-state index is 0. The van der Waals surface area contributed by atoms with Crippen LogP contribution in [0.15, 0.2) is 34.4 Å². The lowest BCUT2D eigenvalue weighted by Gasteiger charge is -2.23. The Hall–Kier alpha value is -1.49. The van der Waals surface area contributed by atoms with E-state index in [2.05, 4.69) is 51.3 Å². The van der Waals surface area contributed by atoms with Crippen LogP contribution in [-0.2, 0) is 13.0 Å². The molecule has 0 radical (unpaired) electrons. The van der Waals surface area contributed by atoms with Crippen LogP contribution >= 0.6 is 35.7 Å². The molecule has 1 fully saturated rings. The van der Waals surface area contributed by atoms with Gasteiger partial charge in [-0.05, 0) is 38.5 Å². The number of nitrogens with zero attached hydrogens (tertiary/aromatic N) is 5. The molecule has 1 aromatic heterocycles. The highest BCUT2D eigenvalue weighted by atomic mass is 127. The van der Waals surface area contributed by atoms with Crippen LogP contribution in [0.5, 0.6) is 5.75 Å². The van der Waals surface area contributed by atoms with Gasteiger partial charge in [0.1, 0.15) is 11.6 Å². The molecule has 2 aromatic rings. The molecule has 32 heavy (non-hydrogen) atoms. The maximum Gasteiger partial charge on any atom is 0.193 e. The van der Waals surface area contributed by atoms with Gasteiger partial charge in [-0.3, -0.25) is 4.99 Å². The van der Waals surface area contributed by atoms with Gasteiger partial charge in [0.2, 0.25) is 0 Å². The first-order chi connectivity index (χ1) is 15.2. The van der Waals surface area contributed by atoms with Crippen molar-refractivity contribution in [2.75, 3.05) is 33.5 Å². The summed E-state index contributed by atoms with van der Waals surface area (Å²) in [6, 6.07) is 8.70. The molecule has 1 aromatic carbocycles. The Kier molecular flexibility index (Phi) is 11.6. The Morgan fingerprint density at radius 2 is 2.03 bits per heavy atom. The van der Waals surface area contributed by atoms with Gasteiger partial charge >= 0.3 is 0 Å². The predicted octanol–water partition coefficient (Wildman–Crippen LogP) is 4.77. The van der Waals surface area contributed by atoms with Crippen LogP contribution in [0.3, 0.4) is 0 Å². The molecule has 0 aliphatic heterocycles. The summed E-state index contributed by atoms with van der Waals surface area (Å²) in [6.45, 7) is 4.43. The van der Waals surface area contributed by atoms with E-state index in [1.54, 1.807) is 18.9 Å². The van der Waals surface area contributed by atoms with Crippen molar-refractivity contribution in [1.82, 2.24) is 25.0 Å². The van der Waals surface area contributed by atoms with Gasteiger partial charge in [-0.2, -0.15) is 0 Å². The van der Waals surface area contributed by atoms with Gasteiger partial charge in [0.15, 0.2) is 11.1 Å². The van der Waals surface area contributed by atoms with Gasteiger partial charge in [-0.15, -0.1) is 34.2 Å². The third-order valence-electron chi connectivity index (χ3n) is 5.72. The minimum Gasteiger partial charge on any atom is -0.496 e. The molecular weight excluding hydrogens is 535 g/mol. The van der Waals surface area contributed by atoms with Crippen molar-refractivity contribution < 1.29 is 4.74 Å². The number of aryl methyl sites for hydroxylation is 1. The summed E-state index contributed by atoms with van der Waals surface area (Å²) >= 11 is 1.70. The number of benzene rings is 1. The first-order valence-electron chi connectivity index (χ1n) is 11.3. The molecule has 178 valence electrons. The first kappa shape index (κ1) is 26.8. The Labute approximate surface area is 213 Å². The number of guanidine groups is 1. The van der Waals surface area contributed by atoms with Gasteiger partial charge in [0.05, 0.1) is 7.11 Å². The van der Waals surface area contributed by atoms with E-state index >= 15 is 0 Å². The van der Waals surface area contributed by atoms with Crippen molar-refractivity contribution >= 4 is 41.7 Å². The number of rotatable bonds is 10. The Balaban J connectivity index is 0.00000363. The van der Waals surface area contributed by atoms with Crippen molar-refractivity contribution in [2.45, 2.75) is 63.2 Å². The molecule has 0 bridgehead atoms. The van der Waals surface area contributed by atoms with Gasteiger partial charge in [0.25, 0.3) is 0 Å². The van der Waals surface area contributed by atoms with E-state index in [1.165, 1.54) is 25.7 Å². The highest BCUT2D eigenvalue weighted by Gasteiger charge is 2.23. The second-order valence-electron chi connectivity index (χ2n) is 7.92. The maximum absolute atomic E-state index is 5.49. The molecule has 0 unspecified atom stereocenters. The van der Waals surface area contributed by atoms with E-state index in [0.29, 0.717) is 6.04 Å². The van der Waals surface area contributed by atoms with Gasteiger partial charge in [0, 0.05) is 44.7 Å². The van der Waals surface area contributed by atoms with Crippen LogP contribution in [-0.4, -0.2) is 59.1 Å². The zero-order chi connectivity index (χ0) is 22.1. The topological polar surface area (TPSA) is 67.6 Å². The summed E-state index contributed by atoms with van der Waals surface area (Å²) in [6.07, 6.45) is 9.06. The normalized spacial score (nSPS) is 14.3.